The third-order valence-corrected chi connectivity index (χ3v) is 0.404. The molecule has 0 unspecified atom stereocenters. The van der Waals surface area contributed by atoms with E-state index in [9.17, 15) is 4.79 Å². The zero-order valence-corrected chi connectivity index (χ0v) is 3.97. The van der Waals surface area contributed by atoms with E-state index in [0.29, 0.717) is 6.54 Å². The molecule has 0 aromatic carbocycles. The molecular weight excluding hydrogens is 96.0 g/mol. The molecular formula is C3H6N2O2. The van der Waals surface area contributed by atoms with Crippen molar-refractivity contribution in [2.45, 2.75) is 6.92 Å². The monoisotopic (exact) mass is 102 g/mol. The maximum atomic E-state index is 9.83. The van der Waals surface area contributed by atoms with Crippen molar-refractivity contribution in [3.63, 3.8) is 0 Å². The second-order valence-electron chi connectivity index (χ2n) is 0.909. The Balaban J connectivity index is 3.00. The molecule has 0 aliphatic carbocycles. The van der Waals surface area contributed by atoms with E-state index >= 15 is 0 Å². The molecule has 0 saturated carbocycles. The van der Waals surface area contributed by atoms with Crippen molar-refractivity contribution in [2.24, 2.45) is 0 Å². The lowest BCUT2D eigenvalue weighted by atomic mass is 10.8. The van der Waals surface area contributed by atoms with E-state index in [1.54, 1.807) is 6.92 Å². The van der Waals surface area contributed by atoms with Crippen LogP contribution in [-0.2, 0) is 4.84 Å². The predicted molar refractivity (Wildman–Crippen MR) is 22.3 cm³/mol. The summed E-state index contributed by atoms with van der Waals surface area (Å²) in [4.78, 5) is 13.1. The van der Waals surface area contributed by atoms with Gasteiger partial charge in [-0.15, -0.1) is 0 Å². The summed E-state index contributed by atoms with van der Waals surface area (Å²) >= 11 is 0. The van der Waals surface area contributed by atoms with Crippen molar-refractivity contribution in [2.75, 3.05) is 6.54 Å². The fraction of sp³-hybridized carbons (Fsp3) is 0.667. The van der Waals surface area contributed by atoms with Gasteiger partial charge in [0, 0.05) is 6.54 Å². The molecule has 0 heterocycles. The van der Waals surface area contributed by atoms with Crippen molar-refractivity contribution < 1.29 is 9.63 Å². The minimum Gasteiger partial charge on any atom is -0.320 e. The Labute approximate surface area is 41.6 Å². The van der Waals surface area contributed by atoms with E-state index in [4.69, 9.17) is 5.90 Å². The Morgan fingerprint density at radius 1 is 2.00 bits per heavy atom. The van der Waals surface area contributed by atoms with Gasteiger partial charge in [-0.1, -0.05) is 0 Å². The van der Waals surface area contributed by atoms with Crippen LogP contribution < -0.4 is 11.2 Å². The van der Waals surface area contributed by atoms with E-state index in [0.717, 1.165) is 0 Å². The predicted octanol–water partition coefficient (Wildman–Crippen LogP) is -0.284. The molecule has 0 rings (SSSR count). The molecule has 1 amide bonds. The van der Waals surface area contributed by atoms with Crippen LogP contribution in [0.5, 0.6) is 0 Å². The first kappa shape index (κ1) is 6.23. The molecule has 0 atom stereocenters. The van der Waals surface area contributed by atoms with Crippen molar-refractivity contribution in [1.29, 1.82) is 0 Å². The second-order valence-corrected chi connectivity index (χ2v) is 0.909. The number of amides is 1. The van der Waals surface area contributed by atoms with Crippen molar-refractivity contribution in [1.82, 2.24) is 11.2 Å². The summed E-state index contributed by atoms with van der Waals surface area (Å²) in [5, 5.41) is 2.18. The zero-order valence-electron chi connectivity index (χ0n) is 3.97. The third kappa shape index (κ3) is 3.05. The van der Waals surface area contributed by atoms with Crippen LogP contribution >= 0.6 is 0 Å². The van der Waals surface area contributed by atoms with Crippen molar-refractivity contribution in [3.8, 4) is 0 Å². The van der Waals surface area contributed by atoms with Gasteiger partial charge in [-0.25, -0.2) is 4.79 Å². The Bertz CT molecular complexity index is 64.0. The number of nitrogens with zero attached hydrogens (tertiary/aromatic N) is 1. The fourth-order valence-electron chi connectivity index (χ4n) is 0.177. The summed E-state index contributed by atoms with van der Waals surface area (Å²) in [6, 6.07) is 0. The van der Waals surface area contributed by atoms with Gasteiger partial charge in [-0.3, -0.25) is 0 Å². The van der Waals surface area contributed by atoms with Crippen LogP contribution in [0.1, 0.15) is 6.92 Å². The molecule has 2 radical (unpaired) electrons. The van der Waals surface area contributed by atoms with Gasteiger partial charge in [-0.05, 0) is 6.92 Å². The standard InChI is InChI=1S/C3H6N2O2/c1-2-5-3(6)7-4/h2H2,1H3,(H,5,6). The summed E-state index contributed by atoms with van der Waals surface area (Å²) in [6.07, 6.45) is -0.817. The minimum atomic E-state index is -0.817. The van der Waals surface area contributed by atoms with E-state index in [1.807, 2.05) is 0 Å². The van der Waals surface area contributed by atoms with E-state index < -0.39 is 6.09 Å². The normalized spacial score (nSPS) is 7.71. The molecule has 0 aromatic heterocycles. The van der Waals surface area contributed by atoms with Gasteiger partial charge in [-0.2, -0.15) is 0 Å². The summed E-state index contributed by atoms with van der Waals surface area (Å²) in [5.41, 5.74) is 0. The van der Waals surface area contributed by atoms with Crippen LogP contribution in [0.4, 0.5) is 4.79 Å². The van der Waals surface area contributed by atoms with Gasteiger partial charge in [0.2, 0.25) is 0 Å². The SMILES string of the molecule is CCNC(=O)O[N]. The average molecular weight is 102 g/mol. The number of hydrogen-bond acceptors (Lipinski definition) is 2. The molecule has 0 aromatic rings. The summed E-state index contributed by atoms with van der Waals surface area (Å²) in [5.74, 6) is 7.55. The third-order valence-electron chi connectivity index (χ3n) is 0.404. The molecule has 40 valence electrons. The minimum absolute atomic E-state index is 0.458. The molecule has 4 nitrogen and oxygen atoms in total. The Morgan fingerprint density at radius 2 is 2.57 bits per heavy atom. The molecule has 0 saturated heterocycles. The lowest BCUT2D eigenvalue weighted by Gasteiger charge is -1.91. The first-order valence-corrected chi connectivity index (χ1v) is 1.90. The van der Waals surface area contributed by atoms with Crippen LogP contribution in [0, 0.1) is 0 Å². The Hall–Kier alpha value is -0.770. The van der Waals surface area contributed by atoms with Gasteiger partial charge in [0.25, 0.3) is 0 Å². The van der Waals surface area contributed by atoms with Gasteiger partial charge >= 0.3 is 6.09 Å². The van der Waals surface area contributed by atoms with Crippen LogP contribution in [0.2, 0.25) is 0 Å². The lowest BCUT2D eigenvalue weighted by Crippen LogP contribution is -2.22. The van der Waals surface area contributed by atoms with Crippen LogP contribution in [-0.4, -0.2) is 12.6 Å². The summed E-state index contributed by atoms with van der Waals surface area (Å²) < 4.78 is 0. The molecule has 0 aliphatic rings. The highest BCUT2D eigenvalue weighted by Crippen LogP contribution is 1.64. The number of nitrogens with one attached hydrogen (secondary N) is 1. The van der Waals surface area contributed by atoms with Crippen LogP contribution in [0.3, 0.4) is 0 Å². The smallest absolute Gasteiger partial charge is 0.320 e. The zero-order chi connectivity index (χ0) is 5.70. The van der Waals surface area contributed by atoms with E-state index in [1.165, 1.54) is 0 Å². The summed E-state index contributed by atoms with van der Waals surface area (Å²) in [7, 11) is 0. The largest absolute Gasteiger partial charge is 0.429 e. The molecule has 7 heavy (non-hydrogen) atoms. The first-order valence-electron chi connectivity index (χ1n) is 1.90. The van der Waals surface area contributed by atoms with Crippen LogP contribution in [0.15, 0.2) is 0 Å². The Kier molecular flexibility index (Phi) is 3.04. The fourth-order valence-corrected chi connectivity index (χ4v) is 0.177. The first-order chi connectivity index (χ1) is 3.31. The lowest BCUT2D eigenvalue weighted by molar-refractivity contribution is 0.139. The topological polar surface area (TPSA) is 60.6 Å². The second kappa shape index (κ2) is 3.42. The number of rotatable bonds is 1. The molecule has 1 N–H and O–H groups in total. The van der Waals surface area contributed by atoms with Gasteiger partial charge in [0.15, 0.2) is 0 Å². The molecule has 4 heteroatoms. The van der Waals surface area contributed by atoms with E-state index in [2.05, 4.69) is 10.2 Å². The maximum absolute atomic E-state index is 9.83. The van der Waals surface area contributed by atoms with E-state index in [-0.39, 0.29) is 0 Å². The van der Waals surface area contributed by atoms with Crippen LogP contribution in [0.25, 0.3) is 0 Å². The van der Waals surface area contributed by atoms with Crippen molar-refractivity contribution in [3.05, 3.63) is 0 Å². The highest BCUT2D eigenvalue weighted by atomic mass is 16.7. The highest BCUT2D eigenvalue weighted by molar-refractivity contribution is 5.66. The number of carbonyl (C=O) groups excluding carboxylic acids is 1. The van der Waals surface area contributed by atoms with Gasteiger partial charge < -0.3 is 10.2 Å². The van der Waals surface area contributed by atoms with Crippen molar-refractivity contribution >= 4 is 6.09 Å². The number of carbonyl (C=O) groups is 1. The molecule has 0 fully saturated rings. The molecule has 0 aliphatic heterocycles. The molecule has 0 spiro atoms. The highest BCUT2D eigenvalue weighted by Gasteiger charge is 1.92. The Morgan fingerprint density at radius 3 is 2.71 bits per heavy atom. The number of hydrogen-bond donors (Lipinski definition) is 1. The van der Waals surface area contributed by atoms with Gasteiger partial charge in [0.1, 0.15) is 5.90 Å². The summed E-state index contributed by atoms with van der Waals surface area (Å²) in [6.45, 7) is 2.18. The maximum Gasteiger partial charge on any atom is 0.429 e. The average Bonchev–Trinajstić information content (AvgIpc) is 1.68. The molecule has 0 bridgehead atoms. The quantitative estimate of drug-likeness (QED) is 0.463. The van der Waals surface area contributed by atoms with Gasteiger partial charge in [0.05, 0.1) is 0 Å².